The van der Waals surface area contributed by atoms with E-state index in [0.29, 0.717) is 11.1 Å². The van der Waals surface area contributed by atoms with Gasteiger partial charge in [0.15, 0.2) is 11.9 Å². The minimum atomic E-state index is -1.90. The maximum Gasteiger partial charge on any atom is 0.408 e. The van der Waals surface area contributed by atoms with Crippen molar-refractivity contribution in [3.05, 3.63) is 47.0 Å². The molecule has 9 unspecified atom stereocenters. The molecule has 1 aromatic carbocycles. The molecule has 1 saturated heterocycles. The van der Waals surface area contributed by atoms with E-state index in [2.05, 4.69) is 5.32 Å². The zero-order valence-corrected chi connectivity index (χ0v) is 40.8. The molecule has 5 N–H and O–H groups in total. The van der Waals surface area contributed by atoms with Gasteiger partial charge in [0.05, 0.1) is 35.9 Å². The third kappa shape index (κ3) is 6.93. The average molecular weight is 1140 g/mol. The average Bonchev–Trinajstić information content (AvgIpc) is 3.02. The molecule has 11 atom stereocenters. The van der Waals surface area contributed by atoms with E-state index in [1.165, 1.54) is 7.11 Å². The molecule has 0 aromatic heterocycles. The normalized spacial score (nSPS) is 38.1. The first-order chi connectivity index (χ1) is 22.5. The molecule has 14 heteroatoms. The van der Waals surface area contributed by atoms with Gasteiger partial charge in [-0.25, -0.2) is 9.59 Å². The molecule has 2 radical (unpaired) electrons. The van der Waals surface area contributed by atoms with Gasteiger partial charge in [0.1, 0.15) is 23.4 Å². The molecule has 278 valence electrons. The topological polar surface area (TPSA) is 181 Å². The molecular weight excluding hydrogens is 1090 g/mol. The van der Waals surface area contributed by atoms with Gasteiger partial charge in [-0.2, -0.15) is 0 Å². The van der Waals surface area contributed by atoms with Crippen molar-refractivity contribution < 1.29 is 142 Å². The van der Waals surface area contributed by atoms with Gasteiger partial charge in [-0.15, -0.1) is 0 Å². The number of carbonyl (C=O) groups is 3. The van der Waals surface area contributed by atoms with E-state index in [9.17, 15) is 34.8 Å². The number of benzene rings is 1. The fraction of sp³-hybridized carbons (Fsp3) is 0.703. The largest absolute Gasteiger partial charge is 0.456 e. The summed E-state index contributed by atoms with van der Waals surface area (Å²) in [5.41, 5.74) is -7.25. The molecule has 1 heterocycles. The molecule has 2 bridgehead atoms. The van der Waals surface area contributed by atoms with Crippen LogP contribution in [0.25, 0.3) is 0 Å². The molecule has 5 rings (SSSR count). The number of ether oxygens (including phenoxy) is 4. The Bertz CT molecular complexity index is 1530. The van der Waals surface area contributed by atoms with E-state index < -0.39 is 93.4 Å². The van der Waals surface area contributed by atoms with Crippen LogP contribution in [0.15, 0.2) is 41.5 Å². The summed E-state index contributed by atoms with van der Waals surface area (Å²) < 4.78 is 23.0. The Morgan fingerprint density at radius 2 is 1.63 bits per heavy atom. The van der Waals surface area contributed by atoms with Crippen LogP contribution in [-0.2, 0) is 28.5 Å². The molecule has 12 nitrogen and oxygen atoms in total. The first-order valence-corrected chi connectivity index (χ1v) is 17.0. The van der Waals surface area contributed by atoms with Crippen molar-refractivity contribution in [3.8, 4) is 0 Å². The number of Topliss-reactive ketones (excluding diaryl/α,β-unsaturated/α-hetero) is 1. The fourth-order valence-electron chi connectivity index (χ4n) is 9.57. The molecule has 0 spiro atoms. The third-order valence-corrected chi connectivity index (χ3v) is 12.8. The Morgan fingerprint density at radius 3 is 2.14 bits per heavy atom. The third-order valence-electron chi connectivity index (χ3n) is 12.8. The van der Waals surface area contributed by atoms with E-state index in [1.807, 2.05) is 0 Å². The van der Waals surface area contributed by atoms with Gasteiger partial charge in [0, 0.05) is 119 Å². The molecule has 1 amide bonds. The van der Waals surface area contributed by atoms with Crippen molar-refractivity contribution in [1.29, 1.82) is 0 Å². The maximum absolute atomic E-state index is 14.7. The summed E-state index contributed by atoms with van der Waals surface area (Å²) in [5.74, 6) is -2.51. The zero-order chi connectivity index (χ0) is 36.7. The maximum atomic E-state index is 14.7. The van der Waals surface area contributed by atoms with Gasteiger partial charge in [-0.1, -0.05) is 58.0 Å². The molecule has 3 fully saturated rings. The SMILES string of the molecule is COC1CC2OCC2(O)C2(C)[C@H](C)C3(O)CC(OC(=O)C(O)C(NC(=O)OC(C)(C)C)c4ccccc4)C(C)=C(C(O)C(=O)[C@]12C)C3(C)C.[Ac].[Ac]. The van der Waals surface area contributed by atoms with E-state index in [-0.39, 0.29) is 113 Å². The zero-order valence-electron chi connectivity index (χ0n) is 31.4. The van der Waals surface area contributed by atoms with E-state index in [1.54, 1.807) is 92.6 Å². The van der Waals surface area contributed by atoms with Crippen LogP contribution >= 0.6 is 0 Å². The number of esters is 1. The minimum Gasteiger partial charge on any atom is -0.456 e. The number of aliphatic hydroxyl groups is 4. The van der Waals surface area contributed by atoms with Crippen LogP contribution in [0, 0.1) is 110 Å². The number of methoxy groups -OCH3 is 1. The van der Waals surface area contributed by atoms with Crippen molar-refractivity contribution in [2.45, 2.75) is 129 Å². The van der Waals surface area contributed by atoms with E-state index >= 15 is 0 Å². The van der Waals surface area contributed by atoms with Crippen molar-refractivity contribution in [3.63, 3.8) is 0 Å². The summed E-state index contributed by atoms with van der Waals surface area (Å²) in [7, 11) is 1.48. The van der Waals surface area contributed by atoms with Crippen LogP contribution in [0.2, 0.25) is 0 Å². The predicted molar refractivity (Wildman–Crippen MR) is 177 cm³/mol. The molecule has 51 heavy (non-hydrogen) atoms. The number of hydrogen-bond donors (Lipinski definition) is 5. The standard InChI is InChI=1S/C37H53NO11.2Ac/c1-19-22(48-30(42)28(40)26(21-14-12-11-13-15-21)38-31(43)49-32(3,4)5)17-36(44)20(2)35(9)34(8,29(41)27(39)25(19)33(36,6)7)23(46-10)16-24-37(35,45)18-47-24;;/h11-15,20,22-24,26-28,39-40,44-45H,16-18H2,1-10H3,(H,38,43);;/t20-,22?,23?,24?,26?,27?,28?,34-,35?,36?,37?;;/m0../s1. The second-order valence-electron chi connectivity index (χ2n) is 16.3. The Morgan fingerprint density at radius 1 is 1.04 bits per heavy atom. The first-order valence-electron chi connectivity index (χ1n) is 17.0. The Labute approximate surface area is 372 Å². The van der Waals surface area contributed by atoms with Crippen LogP contribution in [0.1, 0.15) is 86.8 Å². The number of nitrogens with one attached hydrogen (secondary N) is 1. The smallest absolute Gasteiger partial charge is 0.408 e. The fourth-order valence-corrected chi connectivity index (χ4v) is 9.57. The number of carbonyl (C=O) groups excluding carboxylic acids is 3. The number of hydrogen-bond acceptors (Lipinski definition) is 11. The Hall–Kier alpha value is 0.0131. The summed E-state index contributed by atoms with van der Waals surface area (Å²) in [4.78, 5) is 41.3. The Kier molecular flexibility index (Phi) is 13.8. The number of fused-ring (bicyclic) bond motifs is 5. The summed E-state index contributed by atoms with van der Waals surface area (Å²) in [6.07, 6.45) is -7.03. The second-order valence-corrected chi connectivity index (χ2v) is 16.3. The van der Waals surface area contributed by atoms with Crippen molar-refractivity contribution in [1.82, 2.24) is 5.32 Å². The summed E-state index contributed by atoms with van der Waals surface area (Å²) in [5, 5.41) is 51.3. The predicted octanol–water partition coefficient (Wildman–Crippen LogP) is 3.14. The monoisotopic (exact) mass is 1140 g/mol. The van der Waals surface area contributed by atoms with Crippen molar-refractivity contribution in [2.75, 3.05) is 13.7 Å². The number of amides is 1. The summed E-state index contributed by atoms with van der Waals surface area (Å²) in [6.45, 7) is 15.3. The first kappa shape index (κ1) is 45.4. The van der Waals surface area contributed by atoms with Gasteiger partial charge >= 0.3 is 12.1 Å². The quantitative estimate of drug-likeness (QED) is 0.209. The molecule has 2 saturated carbocycles. The van der Waals surface area contributed by atoms with Gasteiger partial charge in [0.25, 0.3) is 0 Å². The van der Waals surface area contributed by atoms with E-state index in [0.717, 1.165) is 0 Å². The number of rotatable bonds is 6. The van der Waals surface area contributed by atoms with Crippen molar-refractivity contribution >= 4 is 17.8 Å². The number of alkyl carbamates (subject to hydrolysis) is 1. The number of aliphatic hydroxyl groups excluding tert-OH is 2. The summed E-state index contributed by atoms with van der Waals surface area (Å²) in [6, 6.07) is 7.15. The van der Waals surface area contributed by atoms with Gasteiger partial charge < -0.3 is 44.7 Å². The van der Waals surface area contributed by atoms with Crippen LogP contribution in [0.4, 0.5) is 4.79 Å². The molecule has 4 aliphatic rings. The minimum absolute atomic E-state index is 0. The molecule has 1 aliphatic heterocycles. The molecule has 1 aromatic rings. The Balaban J connectivity index is 0.00000351. The van der Waals surface area contributed by atoms with Gasteiger partial charge in [-0.3, -0.25) is 4.79 Å². The molecule has 3 aliphatic carbocycles. The van der Waals surface area contributed by atoms with Crippen molar-refractivity contribution in [2.24, 2.45) is 22.2 Å². The second kappa shape index (κ2) is 15.5. The van der Waals surface area contributed by atoms with E-state index in [4.69, 9.17) is 18.9 Å². The van der Waals surface area contributed by atoms with Gasteiger partial charge in [-0.05, 0) is 57.2 Å². The van der Waals surface area contributed by atoms with Crippen LogP contribution in [0.5, 0.6) is 0 Å². The van der Waals surface area contributed by atoms with Crippen LogP contribution in [0.3, 0.4) is 0 Å². The summed E-state index contributed by atoms with van der Waals surface area (Å²) >= 11 is 0. The number of ketones is 1. The van der Waals surface area contributed by atoms with Crippen LogP contribution in [-0.4, -0.2) is 99.3 Å². The van der Waals surface area contributed by atoms with Gasteiger partial charge in [0.2, 0.25) is 0 Å². The van der Waals surface area contributed by atoms with Crippen LogP contribution < -0.4 is 5.32 Å². The molecular formula is C37H53Ac2NO11.